The van der Waals surface area contributed by atoms with Gasteiger partial charge in [0.2, 0.25) is 15.9 Å². The molecule has 1 aromatic carbocycles. The quantitative estimate of drug-likeness (QED) is 0.840. The lowest BCUT2D eigenvalue weighted by atomic mass is 10.4. The Morgan fingerprint density at radius 3 is 2.50 bits per heavy atom. The molecule has 0 radical (unpaired) electrons. The molecular formula is C15H18N2O4S. The van der Waals surface area contributed by atoms with Crippen molar-refractivity contribution in [3.63, 3.8) is 0 Å². The molecule has 22 heavy (non-hydrogen) atoms. The fraction of sp³-hybridized carbons (Fsp3) is 0.267. The summed E-state index contributed by atoms with van der Waals surface area (Å²) in [4.78, 5) is 13.3. The van der Waals surface area contributed by atoms with Gasteiger partial charge in [0.25, 0.3) is 0 Å². The first-order valence-corrected chi connectivity index (χ1v) is 8.30. The number of nitrogens with one attached hydrogen (secondary N) is 1. The van der Waals surface area contributed by atoms with Crippen molar-refractivity contribution in [1.82, 2.24) is 9.62 Å². The molecule has 0 aliphatic rings. The Kier molecular flexibility index (Phi) is 5.35. The Morgan fingerprint density at radius 1 is 1.18 bits per heavy atom. The van der Waals surface area contributed by atoms with E-state index in [1.807, 2.05) is 0 Å². The molecule has 0 saturated carbocycles. The molecule has 2 rings (SSSR count). The van der Waals surface area contributed by atoms with Crippen LogP contribution < -0.4 is 4.72 Å². The molecule has 1 amide bonds. The lowest BCUT2D eigenvalue weighted by Crippen LogP contribution is -2.37. The minimum atomic E-state index is -3.56. The SMILES string of the molecule is CC(=O)N(CCNS(=O)(=O)c1ccccc1)Cc1ccco1. The van der Waals surface area contributed by atoms with Crippen LogP contribution in [-0.2, 0) is 21.4 Å². The molecular weight excluding hydrogens is 304 g/mol. The van der Waals surface area contributed by atoms with Gasteiger partial charge in [-0.1, -0.05) is 18.2 Å². The first kappa shape index (κ1) is 16.3. The number of hydrogen-bond acceptors (Lipinski definition) is 4. The molecule has 118 valence electrons. The van der Waals surface area contributed by atoms with Crippen LogP contribution in [0.4, 0.5) is 0 Å². The second-order valence-electron chi connectivity index (χ2n) is 4.73. The first-order chi connectivity index (χ1) is 10.5. The van der Waals surface area contributed by atoms with Gasteiger partial charge in [0.15, 0.2) is 0 Å². The Labute approximate surface area is 129 Å². The summed E-state index contributed by atoms with van der Waals surface area (Å²) in [5.41, 5.74) is 0. The molecule has 6 nitrogen and oxygen atoms in total. The number of rotatable bonds is 7. The maximum absolute atomic E-state index is 12.1. The van der Waals surface area contributed by atoms with Gasteiger partial charge in [-0.3, -0.25) is 4.79 Å². The Balaban J connectivity index is 1.92. The summed E-state index contributed by atoms with van der Waals surface area (Å²) in [6, 6.07) is 11.6. The van der Waals surface area contributed by atoms with E-state index >= 15 is 0 Å². The maximum atomic E-state index is 12.1. The van der Waals surface area contributed by atoms with Crippen LogP contribution in [0.1, 0.15) is 12.7 Å². The fourth-order valence-corrected chi connectivity index (χ4v) is 2.98. The van der Waals surface area contributed by atoms with E-state index in [1.165, 1.54) is 30.2 Å². The highest BCUT2D eigenvalue weighted by atomic mass is 32.2. The van der Waals surface area contributed by atoms with Crippen molar-refractivity contribution in [2.45, 2.75) is 18.4 Å². The Morgan fingerprint density at radius 2 is 1.91 bits per heavy atom. The third-order valence-electron chi connectivity index (χ3n) is 3.10. The molecule has 7 heteroatoms. The number of amides is 1. The highest BCUT2D eigenvalue weighted by molar-refractivity contribution is 7.89. The summed E-state index contributed by atoms with van der Waals surface area (Å²) >= 11 is 0. The number of sulfonamides is 1. The molecule has 0 saturated heterocycles. The molecule has 2 aromatic rings. The standard InChI is InChI=1S/C15H18N2O4S/c1-13(18)17(12-14-6-5-11-21-14)10-9-16-22(19,20)15-7-3-2-4-8-15/h2-8,11,16H,9-10,12H2,1H3. The number of carbonyl (C=O) groups is 1. The van der Waals surface area contributed by atoms with E-state index < -0.39 is 10.0 Å². The van der Waals surface area contributed by atoms with Crippen molar-refractivity contribution < 1.29 is 17.6 Å². The van der Waals surface area contributed by atoms with E-state index in [0.29, 0.717) is 12.3 Å². The largest absolute Gasteiger partial charge is 0.467 e. The highest BCUT2D eigenvalue weighted by Gasteiger charge is 2.15. The fourth-order valence-electron chi connectivity index (χ4n) is 1.94. The van der Waals surface area contributed by atoms with E-state index in [0.717, 1.165) is 0 Å². The van der Waals surface area contributed by atoms with Gasteiger partial charge in [-0.15, -0.1) is 0 Å². The van der Waals surface area contributed by atoms with Gasteiger partial charge in [0, 0.05) is 20.0 Å². The molecule has 0 unspecified atom stereocenters. The lowest BCUT2D eigenvalue weighted by molar-refractivity contribution is -0.129. The van der Waals surface area contributed by atoms with Crippen LogP contribution in [0.15, 0.2) is 58.0 Å². The van der Waals surface area contributed by atoms with E-state index in [-0.39, 0.29) is 23.9 Å². The molecule has 1 N–H and O–H groups in total. The molecule has 0 atom stereocenters. The van der Waals surface area contributed by atoms with Crippen LogP contribution >= 0.6 is 0 Å². The molecule has 0 spiro atoms. The third kappa shape index (κ3) is 4.44. The zero-order valence-corrected chi connectivity index (χ0v) is 13.0. The van der Waals surface area contributed by atoms with Crippen LogP contribution in [0.25, 0.3) is 0 Å². The average molecular weight is 322 g/mol. The van der Waals surface area contributed by atoms with Gasteiger partial charge in [-0.2, -0.15) is 0 Å². The van der Waals surface area contributed by atoms with E-state index in [9.17, 15) is 13.2 Å². The highest BCUT2D eigenvalue weighted by Crippen LogP contribution is 2.08. The summed E-state index contributed by atoms with van der Waals surface area (Å²) in [6.45, 7) is 2.16. The van der Waals surface area contributed by atoms with Gasteiger partial charge >= 0.3 is 0 Å². The van der Waals surface area contributed by atoms with E-state index in [1.54, 1.807) is 30.3 Å². The smallest absolute Gasteiger partial charge is 0.240 e. The van der Waals surface area contributed by atoms with Crippen molar-refractivity contribution >= 4 is 15.9 Å². The van der Waals surface area contributed by atoms with E-state index in [2.05, 4.69) is 4.72 Å². The van der Waals surface area contributed by atoms with Crippen LogP contribution in [0.3, 0.4) is 0 Å². The molecule has 0 aliphatic carbocycles. The van der Waals surface area contributed by atoms with Crippen LogP contribution in [0.5, 0.6) is 0 Å². The summed E-state index contributed by atoms with van der Waals surface area (Å²) in [6.07, 6.45) is 1.53. The van der Waals surface area contributed by atoms with Crippen molar-refractivity contribution in [2.75, 3.05) is 13.1 Å². The number of benzene rings is 1. The summed E-state index contributed by atoms with van der Waals surface area (Å²) in [5.74, 6) is 0.511. The predicted octanol–water partition coefficient (Wildman–Crippen LogP) is 1.61. The normalized spacial score (nSPS) is 11.3. The first-order valence-electron chi connectivity index (χ1n) is 6.81. The number of nitrogens with zero attached hydrogens (tertiary/aromatic N) is 1. The Hall–Kier alpha value is -2.12. The van der Waals surface area contributed by atoms with Gasteiger partial charge < -0.3 is 9.32 Å². The second-order valence-corrected chi connectivity index (χ2v) is 6.50. The topological polar surface area (TPSA) is 79.6 Å². The molecule has 0 fully saturated rings. The average Bonchev–Trinajstić information content (AvgIpc) is 3.00. The van der Waals surface area contributed by atoms with Crippen molar-refractivity contribution in [3.8, 4) is 0 Å². The zero-order chi connectivity index (χ0) is 16.0. The van der Waals surface area contributed by atoms with Gasteiger partial charge in [0.1, 0.15) is 5.76 Å². The molecule has 1 aromatic heterocycles. The van der Waals surface area contributed by atoms with Gasteiger partial charge in [-0.25, -0.2) is 13.1 Å². The minimum Gasteiger partial charge on any atom is -0.467 e. The monoisotopic (exact) mass is 322 g/mol. The Bertz CT molecular complexity index is 696. The number of furan rings is 1. The summed E-state index contributed by atoms with van der Waals surface area (Å²) < 4.78 is 31.8. The van der Waals surface area contributed by atoms with Crippen molar-refractivity contribution in [1.29, 1.82) is 0 Å². The summed E-state index contributed by atoms with van der Waals surface area (Å²) in [7, 11) is -3.56. The van der Waals surface area contributed by atoms with Crippen LogP contribution in [0.2, 0.25) is 0 Å². The van der Waals surface area contributed by atoms with E-state index in [4.69, 9.17) is 4.42 Å². The third-order valence-corrected chi connectivity index (χ3v) is 4.58. The molecule has 1 heterocycles. The number of hydrogen-bond donors (Lipinski definition) is 1. The maximum Gasteiger partial charge on any atom is 0.240 e. The van der Waals surface area contributed by atoms with Crippen molar-refractivity contribution in [2.24, 2.45) is 0 Å². The second kappa shape index (κ2) is 7.24. The predicted molar refractivity (Wildman–Crippen MR) is 81.4 cm³/mol. The summed E-state index contributed by atoms with van der Waals surface area (Å²) in [5, 5.41) is 0. The van der Waals surface area contributed by atoms with Crippen LogP contribution in [-0.4, -0.2) is 32.3 Å². The molecule has 0 bridgehead atoms. The minimum absolute atomic E-state index is 0.136. The van der Waals surface area contributed by atoms with Crippen LogP contribution in [0, 0.1) is 0 Å². The lowest BCUT2D eigenvalue weighted by Gasteiger charge is -2.20. The zero-order valence-electron chi connectivity index (χ0n) is 12.2. The van der Waals surface area contributed by atoms with Gasteiger partial charge in [-0.05, 0) is 24.3 Å². The van der Waals surface area contributed by atoms with Gasteiger partial charge in [0.05, 0.1) is 17.7 Å². The number of carbonyl (C=O) groups excluding carboxylic acids is 1. The molecule has 0 aliphatic heterocycles. The van der Waals surface area contributed by atoms with Crippen molar-refractivity contribution in [3.05, 3.63) is 54.5 Å².